The second-order valence-corrected chi connectivity index (χ2v) is 8.72. The Labute approximate surface area is 164 Å². The van der Waals surface area contributed by atoms with E-state index in [1.165, 1.54) is 24.3 Å². The fourth-order valence-electron chi connectivity index (χ4n) is 3.34. The molecule has 3 rings (SSSR count). The maximum atomic E-state index is 12.8. The Kier molecular flexibility index (Phi) is 6.34. The second kappa shape index (κ2) is 8.73. The van der Waals surface area contributed by atoms with Crippen LogP contribution in [-0.2, 0) is 19.6 Å². The summed E-state index contributed by atoms with van der Waals surface area (Å²) in [4.78, 5) is 24.1. The van der Waals surface area contributed by atoms with Crippen LogP contribution in [0.5, 0.6) is 0 Å². The van der Waals surface area contributed by atoms with Gasteiger partial charge in [0.1, 0.15) is 0 Å². The summed E-state index contributed by atoms with van der Waals surface area (Å²) >= 11 is 0. The number of ether oxygens (including phenoxy) is 1. The smallest absolute Gasteiger partial charge is 0.252 e. The van der Waals surface area contributed by atoms with Crippen molar-refractivity contribution in [2.45, 2.75) is 23.8 Å². The number of amides is 2. The Morgan fingerprint density at radius 3 is 2.79 bits per heavy atom. The van der Waals surface area contributed by atoms with Crippen molar-refractivity contribution in [3.63, 3.8) is 0 Å². The molecule has 9 heteroatoms. The maximum Gasteiger partial charge on any atom is 0.252 e. The van der Waals surface area contributed by atoms with Gasteiger partial charge in [-0.25, -0.2) is 8.42 Å². The van der Waals surface area contributed by atoms with Gasteiger partial charge >= 0.3 is 0 Å². The minimum absolute atomic E-state index is 0.0295. The molecule has 0 spiro atoms. The highest BCUT2D eigenvalue weighted by Crippen LogP contribution is 2.20. The van der Waals surface area contributed by atoms with Gasteiger partial charge in [-0.1, -0.05) is 12.0 Å². The van der Waals surface area contributed by atoms with Crippen molar-refractivity contribution in [2.75, 3.05) is 32.8 Å². The van der Waals surface area contributed by atoms with E-state index in [-0.39, 0.29) is 41.9 Å². The number of rotatable bonds is 5. The first kappa shape index (κ1) is 20.3. The number of piperazine rings is 1. The SMILES string of the molecule is C#C[C@@H](NC(=O)c1cccc(S(=O)(=O)N2CCNC(=O)C2)c1)C1CCOCC1. The zero-order valence-corrected chi connectivity index (χ0v) is 16.2. The number of sulfonamides is 1. The van der Waals surface area contributed by atoms with Crippen molar-refractivity contribution in [1.29, 1.82) is 0 Å². The Bertz CT molecular complexity index is 887. The van der Waals surface area contributed by atoms with E-state index in [2.05, 4.69) is 16.6 Å². The van der Waals surface area contributed by atoms with Gasteiger partial charge in [0.25, 0.3) is 5.91 Å². The standard InChI is InChI=1S/C19H23N3O5S/c1-2-17(14-6-10-27-11-7-14)21-19(24)15-4-3-5-16(12-15)28(25,26)22-9-8-20-18(23)13-22/h1,3-5,12,14,17H,6-11,13H2,(H,20,23)(H,21,24)/t17-/m1/s1. The van der Waals surface area contributed by atoms with E-state index in [1.807, 2.05) is 0 Å². The van der Waals surface area contributed by atoms with Crippen LogP contribution in [0.4, 0.5) is 0 Å². The van der Waals surface area contributed by atoms with Crippen LogP contribution in [0.2, 0.25) is 0 Å². The van der Waals surface area contributed by atoms with E-state index < -0.39 is 22.0 Å². The first-order valence-corrected chi connectivity index (χ1v) is 10.6. The molecule has 2 saturated heterocycles. The van der Waals surface area contributed by atoms with Gasteiger partial charge < -0.3 is 15.4 Å². The Morgan fingerprint density at radius 1 is 1.36 bits per heavy atom. The van der Waals surface area contributed by atoms with E-state index in [0.717, 1.165) is 17.1 Å². The third-order valence-corrected chi connectivity index (χ3v) is 6.78. The summed E-state index contributed by atoms with van der Waals surface area (Å²) in [6.07, 6.45) is 7.12. The average Bonchev–Trinajstić information content (AvgIpc) is 2.72. The van der Waals surface area contributed by atoms with E-state index in [0.29, 0.717) is 13.2 Å². The summed E-state index contributed by atoms with van der Waals surface area (Å²) in [5.74, 6) is 1.96. The predicted molar refractivity (Wildman–Crippen MR) is 102 cm³/mol. The topological polar surface area (TPSA) is 105 Å². The second-order valence-electron chi connectivity index (χ2n) is 6.78. The highest BCUT2D eigenvalue weighted by atomic mass is 32.2. The highest BCUT2D eigenvalue weighted by Gasteiger charge is 2.30. The predicted octanol–water partition coefficient (Wildman–Crippen LogP) is -0.0347. The molecule has 2 aliphatic heterocycles. The molecule has 0 aliphatic carbocycles. The number of nitrogens with one attached hydrogen (secondary N) is 2. The molecule has 1 atom stereocenters. The molecule has 2 N–H and O–H groups in total. The Hall–Kier alpha value is -2.41. The number of hydrogen-bond donors (Lipinski definition) is 2. The number of nitrogens with zero attached hydrogens (tertiary/aromatic N) is 1. The third kappa shape index (κ3) is 4.52. The molecule has 0 bridgehead atoms. The van der Waals surface area contributed by atoms with Crippen LogP contribution in [0.25, 0.3) is 0 Å². The molecule has 0 saturated carbocycles. The summed E-state index contributed by atoms with van der Waals surface area (Å²) in [6, 6.07) is 5.33. The minimum Gasteiger partial charge on any atom is -0.381 e. The van der Waals surface area contributed by atoms with E-state index in [1.54, 1.807) is 0 Å². The van der Waals surface area contributed by atoms with Gasteiger partial charge in [-0.3, -0.25) is 9.59 Å². The quantitative estimate of drug-likeness (QED) is 0.669. The summed E-state index contributed by atoms with van der Waals surface area (Å²) in [7, 11) is -3.87. The van der Waals surface area contributed by atoms with Crippen LogP contribution in [-0.4, -0.2) is 63.4 Å². The van der Waals surface area contributed by atoms with E-state index in [4.69, 9.17) is 11.2 Å². The van der Waals surface area contributed by atoms with Gasteiger partial charge in [0.15, 0.2) is 0 Å². The van der Waals surface area contributed by atoms with E-state index >= 15 is 0 Å². The zero-order valence-electron chi connectivity index (χ0n) is 15.4. The number of carbonyl (C=O) groups is 2. The molecule has 1 aromatic carbocycles. The lowest BCUT2D eigenvalue weighted by Crippen LogP contribution is -2.49. The van der Waals surface area contributed by atoms with Crippen molar-refractivity contribution < 1.29 is 22.7 Å². The maximum absolute atomic E-state index is 12.8. The van der Waals surface area contributed by atoms with Crippen LogP contribution < -0.4 is 10.6 Å². The van der Waals surface area contributed by atoms with Gasteiger partial charge in [0.05, 0.1) is 17.5 Å². The normalized spacial score (nSPS) is 20.0. The van der Waals surface area contributed by atoms with Crippen LogP contribution in [0.3, 0.4) is 0 Å². The van der Waals surface area contributed by atoms with Gasteiger partial charge in [0, 0.05) is 31.9 Å². The largest absolute Gasteiger partial charge is 0.381 e. The summed E-state index contributed by atoms with van der Waals surface area (Å²) in [5.41, 5.74) is 0.204. The van der Waals surface area contributed by atoms with Gasteiger partial charge in [-0.05, 0) is 37.0 Å². The van der Waals surface area contributed by atoms with Crippen molar-refractivity contribution >= 4 is 21.8 Å². The molecule has 0 unspecified atom stereocenters. The average molecular weight is 405 g/mol. The summed E-state index contributed by atoms with van der Waals surface area (Å²) < 4.78 is 32.0. The zero-order chi connectivity index (χ0) is 20.1. The number of terminal acetylenes is 1. The molecule has 0 aromatic heterocycles. The molecule has 2 aliphatic rings. The molecule has 2 heterocycles. The number of hydrogen-bond acceptors (Lipinski definition) is 5. The fourth-order valence-corrected chi connectivity index (χ4v) is 4.78. The molecular weight excluding hydrogens is 382 g/mol. The highest BCUT2D eigenvalue weighted by molar-refractivity contribution is 7.89. The monoisotopic (exact) mass is 405 g/mol. The Balaban J connectivity index is 1.75. The summed E-state index contributed by atoms with van der Waals surface area (Å²) in [6.45, 7) is 1.42. The lowest BCUT2D eigenvalue weighted by atomic mass is 9.92. The molecule has 2 fully saturated rings. The number of benzene rings is 1. The first-order chi connectivity index (χ1) is 13.4. The third-order valence-electron chi connectivity index (χ3n) is 4.94. The molecule has 2 amide bonds. The van der Waals surface area contributed by atoms with Gasteiger partial charge in [-0.2, -0.15) is 4.31 Å². The molecule has 28 heavy (non-hydrogen) atoms. The minimum atomic E-state index is -3.87. The number of carbonyl (C=O) groups excluding carboxylic acids is 2. The van der Waals surface area contributed by atoms with Crippen LogP contribution in [0, 0.1) is 18.3 Å². The Morgan fingerprint density at radius 2 is 2.11 bits per heavy atom. The van der Waals surface area contributed by atoms with Gasteiger partial charge in [0.2, 0.25) is 15.9 Å². The van der Waals surface area contributed by atoms with Crippen molar-refractivity contribution in [3.8, 4) is 12.3 Å². The van der Waals surface area contributed by atoms with Crippen LogP contribution >= 0.6 is 0 Å². The molecule has 150 valence electrons. The van der Waals surface area contributed by atoms with Crippen molar-refractivity contribution in [1.82, 2.24) is 14.9 Å². The molecule has 0 radical (unpaired) electrons. The van der Waals surface area contributed by atoms with Crippen LogP contribution in [0.1, 0.15) is 23.2 Å². The molecule has 8 nitrogen and oxygen atoms in total. The van der Waals surface area contributed by atoms with E-state index in [9.17, 15) is 18.0 Å². The molecule has 1 aromatic rings. The van der Waals surface area contributed by atoms with Crippen molar-refractivity contribution in [3.05, 3.63) is 29.8 Å². The summed E-state index contributed by atoms with van der Waals surface area (Å²) in [5, 5.41) is 5.40. The van der Waals surface area contributed by atoms with Crippen LogP contribution in [0.15, 0.2) is 29.2 Å². The fraction of sp³-hybridized carbons (Fsp3) is 0.474. The van der Waals surface area contributed by atoms with Gasteiger partial charge in [-0.15, -0.1) is 6.42 Å². The molecular formula is C19H23N3O5S. The van der Waals surface area contributed by atoms with Crippen molar-refractivity contribution in [2.24, 2.45) is 5.92 Å². The first-order valence-electron chi connectivity index (χ1n) is 9.13. The lowest BCUT2D eigenvalue weighted by molar-refractivity contribution is -0.122. The lowest BCUT2D eigenvalue weighted by Gasteiger charge is -2.28.